The number of hydrogen-bond donors (Lipinski definition) is 3. The molecule has 1 amide bonds. The van der Waals surface area contributed by atoms with Crippen molar-refractivity contribution in [1.29, 1.82) is 0 Å². The number of aliphatic hydroxyl groups excluding tert-OH is 1. The summed E-state index contributed by atoms with van der Waals surface area (Å²) in [6.07, 6.45) is 2.87. The largest absolute Gasteiger partial charge is 0.481 e. The highest BCUT2D eigenvalue weighted by Gasteiger charge is 2.39. The van der Waals surface area contributed by atoms with Crippen LogP contribution in [0.2, 0.25) is 0 Å². The Bertz CT molecular complexity index is 342. The second-order valence-corrected chi connectivity index (χ2v) is 6.08. The second-order valence-electron chi connectivity index (χ2n) is 6.08. The molecular formula is C14H25NO4. The van der Waals surface area contributed by atoms with Crippen LogP contribution in [-0.2, 0) is 9.59 Å². The van der Waals surface area contributed by atoms with Gasteiger partial charge in [-0.3, -0.25) is 9.59 Å². The van der Waals surface area contributed by atoms with E-state index in [1.54, 1.807) is 20.8 Å². The zero-order valence-corrected chi connectivity index (χ0v) is 12.0. The predicted molar refractivity (Wildman–Crippen MR) is 71.6 cm³/mol. The van der Waals surface area contributed by atoms with Crippen LogP contribution in [0.4, 0.5) is 0 Å². The topological polar surface area (TPSA) is 86.6 Å². The summed E-state index contributed by atoms with van der Waals surface area (Å²) in [5, 5.41) is 21.9. The molecule has 0 aromatic rings. The van der Waals surface area contributed by atoms with Gasteiger partial charge >= 0.3 is 5.97 Å². The Morgan fingerprint density at radius 1 is 1.32 bits per heavy atom. The minimum atomic E-state index is -1.07. The van der Waals surface area contributed by atoms with Crippen molar-refractivity contribution in [3.05, 3.63) is 0 Å². The van der Waals surface area contributed by atoms with E-state index in [0.717, 1.165) is 19.3 Å². The predicted octanol–water partition coefficient (Wildman–Crippen LogP) is 1.54. The fourth-order valence-electron chi connectivity index (χ4n) is 2.40. The van der Waals surface area contributed by atoms with Crippen molar-refractivity contribution in [2.75, 3.05) is 0 Å². The minimum absolute atomic E-state index is 0.0524. The van der Waals surface area contributed by atoms with E-state index in [9.17, 15) is 19.8 Å². The Morgan fingerprint density at radius 3 is 2.37 bits per heavy atom. The summed E-state index contributed by atoms with van der Waals surface area (Å²) in [4.78, 5) is 23.3. The maximum atomic E-state index is 12.0. The van der Waals surface area contributed by atoms with Gasteiger partial charge in [-0.1, -0.05) is 26.7 Å². The normalized spacial score (nSPS) is 26.8. The third kappa shape index (κ3) is 3.93. The van der Waals surface area contributed by atoms with E-state index in [2.05, 4.69) is 5.32 Å². The maximum Gasteiger partial charge on any atom is 0.310 e. The van der Waals surface area contributed by atoms with Gasteiger partial charge in [-0.25, -0.2) is 0 Å². The van der Waals surface area contributed by atoms with Crippen molar-refractivity contribution in [2.45, 2.75) is 65.0 Å². The highest BCUT2D eigenvalue weighted by atomic mass is 16.4. The lowest BCUT2D eigenvalue weighted by Gasteiger charge is -2.32. The van der Waals surface area contributed by atoms with Gasteiger partial charge in [0.15, 0.2) is 0 Å². The van der Waals surface area contributed by atoms with Crippen molar-refractivity contribution >= 4 is 11.9 Å². The van der Waals surface area contributed by atoms with Gasteiger partial charge in [0.25, 0.3) is 0 Å². The van der Waals surface area contributed by atoms with Crippen molar-refractivity contribution in [3.63, 3.8) is 0 Å². The highest BCUT2D eigenvalue weighted by Crippen LogP contribution is 2.31. The number of carboxylic acids is 1. The first-order valence-corrected chi connectivity index (χ1v) is 6.98. The molecule has 3 N–H and O–H groups in total. The van der Waals surface area contributed by atoms with Crippen LogP contribution in [0.1, 0.15) is 52.9 Å². The van der Waals surface area contributed by atoms with Crippen LogP contribution in [0.3, 0.4) is 0 Å². The molecule has 0 aromatic carbocycles. The van der Waals surface area contributed by atoms with Gasteiger partial charge in [0.05, 0.1) is 17.6 Å². The second kappa shape index (κ2) is 6.37. The molecule has 0 aliphatic heterocycles. The number of rotatable bonds is 5. The van der Waals surface area contributed by atoms with Gasteiger partial charge in [-0.05, 0) is 25.7 Å². The molecular weight excluding hydrogens is 246 g/mol. The zero-order valence-electron chi connectivity index (χ0n) is 12.0. The zero-order chi connectivity index (χ0) is 14.6. The molecule has 1 aliphatic carbocycles. The Morgan fingerprint density at radius 2 is 1.89 bits per heavy atom. The molecule has 3 atom stereocenters. The highest BCUT2D eigenvalue weighted by molar-refractivity contribution is 5.85. The summed E-state index contributed by atoms with van der Waals surface area (Å²) in [5.41, 5.74) is -1.07. The van der Waals surface area contributed by atoms with E-state index < -0.39 is 17.5 Å². The number of amides is 1. The first kappa shape index (κ1) is 16.0. The van der Waals surface area contributed by atoms with Crippen molar-refractivity contribution in [3.8, 4) is 0 Å². The lowest BCUT2D eigenvalue weighted by molar-refractivity contribution is -0.153. The van der Waals surface area contributed by atoms with Crippen molar-refractivity contribution < 1.29 is 19.8 Å². The number of carboxylic acid groups (broad SMARTS) is 1. The lowest BCUT2D eigenvalue weighted by Crippen LogP contribution is -2.47. The molecule has 1 saturated carbocycles. The third-order valence-electron chi connectivity index (χ3n) is 4.37. The Balaban J connectivity index is 2.60. The monoisotopic (exact) mass is 271 g/mol. The molecule has 5 nitrogen and oxygen atoms in total. The summed E-state index contributed by atoms with van der Waals surface area (Å²) in [7, 11) is 0. The average molecular weight is 271 g/mol. The van der Waals surface area contributed by atoms with Crippen LogP contribution in [0.15, 0.2) is 0 Å². The smallest absolute Gasteiger partial charge is 0.310 e. The quantitative estimate of drug-likeness (QED) is 0.708. The van der Waals surface area contributed by atoms with Crippen LogP contribution in [0.5, 0.6) is 0 Å². The molecule has 19 heavy (non-hydrogen) atoms. The number of aliphatic hydroxyl groups is 1. The molecule has 5 heteroatoms. The van der Waals surface area contributed by atoms with Crippen LogP contribution in [0, 0.1) is 11.3 Å². The Labute approximate surface area is 114 Å². The van der Waals surface area contributed by atoms with Gasteiger partial charge in [0, 0.05) is 6.42 Å². The van der Waals surface area contributed by atoms with Gasteiger partial charge in [-0.2, -0.15) is 0 Å². The molecule has 0 saturated heterocycles. The molecule has 0 bridgehead atoms. The van der Waals surface area contributed by atoms with E-state index >= 15 is 0 Å². The van der Waals surface area contributed by atoms with Gasteiger partial charge < -0.3 is 15.5 Å². The van der Waals surface area contributed by atoms with Gasteiger partial charge in [0.1, 0.15) is 0 Å². The summed E-state index contributed by atoms with van der Waals surface area (Å²) in [6.45, 7) is 5.20. The van der Waals surface area contributed by atoms with E-state index in [1.165, 1.54) is 0 Å². The maximum absolute atomic E-state index is 12.0. The molecule has 1 aliphatic rings. The summed E-state index contributed by atoms with van der Waals surface area (Å²) >= 11 is 0. The molecule has 0 spiro atoms. The van der Waals surface area contributed by atoms with Gasteiger partial charge in [0.2, 0.25) is 5.91 Å². The first-order chi connectivity index (χ1) is 8.77. The molecule has 1 rings (SSSR count). The average Bonchev–Trinajstić information content (AvgIpc) is 2.31. The summed E-state index contributed by atoms with van der Waals surface area (Å²) in [5.74, 6) is -1.38. The fraction of sp³-hybridized carbons (Fsp3) is 0.857. The van der Waals surface area contributed by atoms with E-state index in [1.807, 2.05) is 0 Å². The van der Waals surface area contributed by atoms with Crippen molar-refractivity contribution in [2.24, 2.45) is 11.3 Å². The summed E-state index contributed by atoms with van der Waals surface area (Å²) in [6, 6.07) is -0.230. The first-order valence-electron chi connectivity index (χ1n) is 6.98. The van der Waals surface area contributed by atoms with E-state index in [0.29, 0.717) is 6.42 Å². The molecule has 0 radical (unpaired) electrons. The van der Waals surface area contributed by atoms with Crippen LogP contribution in [-0.4, -0.2) is 34.2 Å². The Hall–Kier alpha value is -1.10. The molecule has 0 heterocycles. The van der Waals surface area contributed by atoms with E-state index in [4.69, 9.17) is 0 Å². The number of carbonyl (C=O) groups excluding carboxylic acids is 1. The summed E-state index contributed by atoms with van der Waals surface area (Å²) < 4.78 is 0. The molecule has 1 unspecified atom stereocenters. The van der Waals surface area contributed by atoms with E-state index in [-0.39, 0.29) is 24.3 Å². The van der Waals surface area contributed by atoms with Crippen LogP contribution >= 0.6 is 0 Å². The standard InChI is InChI=1S/C14H25NO4/c1-9(2)14(3,13(18)19)8-12(17)15-10-6-4-5-7-11(10)16/h9-11,16H,4-8H2,1-3H3,(H,15,17)(H,18,19)/t10-,11-,14?/m0/s1. The number of aliphatic carboxylic acids is 1. The SMILES string of the molecule is CC(C)C(C)(CC(=O)N[C@H]1CCCC[C@@H]1O)C(=O)O. The number of nitrogens with one attached hydrogen (secondary N) is 1. The minimum Gasteiger partial charge on any atom is -0.481 e. The third-order valence-corrected chi connectivity index (χ3v) is 4.37. The molecule has 1 fully saturated rings. The lowest BCUT2D eigenvalue weighted by atomic mass is 9.76. The van der Waals surface area contributed by atoms with Crippen LogP contribution < -0.4 is 5.32 Å². The number of carbonyl (C=O) groups is 2. The molecule has 0 aromatic heterocycles. The van der Waals surface area contributed by atoms with Crippen molar-refractivity contribution in [1.82, 2.24) is 5.32 Å². The fourth-order valence-corrected chi connectivity index (χ4v) is 2.40. The van der Waals surface area contributed by atoms with Crippen LogP contribution in [0.25, 0.3) is 0 Å². The number of hydrogen-bond acceptors (Lipinski definition) is 3. The molecule has 110 valence electrons. The Kier molecular flexibility index (Phi) is 5.35. The van der Waals surface area contributed by atoms with Gasteiger partial charge in [-0.15, -0.1) is 0 Å².